The predicted octanol–water partition coefficient (Wildman–Crippen LogP) is 2.10. The van der Waals surface area contributed by atoms with E-state index < -0.39 is 0 Å². The van der Waals surface area contributed by atoms with Crippen LogP contribution in [0.5, 0.6) is 0 Å². The molecule has 0 aromatic carbocycles. The molecule has 0 unspecified atom stereocenters. The number of hydrogen-bond donors (Lipinski definition) is 2. The van der Waals surface area contributed by atoms with E-state index >= 15 is 0 Å². The molecule has 80 valence electrons. The van der Waals surface area contributed by atoms with Crippen molar-refractivity contribution in [1.82, 2.24) is 15.0 Å². The second-order valence-electron chi connectivity index (χ2n) is 3.05. The van der Waals surface area contributed by atoms with Gasteiger partial charge in [-0.05, 0) is 11.4 Å². The van der Waals surface area contributed by atoms with Gasteiger partial charge in [-0.2, -0.15) is 0 Å². The first kappa shape index (κ1) is 9.64. The Labute approximate surface area is 99.0 Å². The van der Waals surface area contributed by atoms with E-state index in [-0.39, 0.29) is 0 Å². The van der Waals surface area contributed by atoms with E-state index in [9.17, 15) is 0 Å². The van der Waals surface area contributed by atoms with Crippen LogP contribution in [0.1, 0.15) is 0 Å². The highest BCUT2D eigenvalue weighted by molar-refractivity contribution is 7.16. The lowest BCUT2D eigenvalue weighted by Gasteiger charge is -2.02. The van der Waals surface area contributed by atoms with E-state index in [4.69, 9.17) is 5.84 Å². The molecule has 0 aliphatic rings. The Morgan fingerprint density at radius 2 is 2.25 bits per heavy atom. The van der Waals surface area contributed by atoms with Gasteiger partial charge in [-0.15, -0.1) is 22.7 Å². The van der Waals surface area contributed by atoms with Crippen LogP contribution in [0, 0.1) is 0 Å². The quantitative estimate of drug-likeness (QED) is 0.537. The number of fused-ring (bicyclic) bond motifs is 1. The molecule has 0 atom stereocenters. The fourth-order valence-electron chi connectivity index (χ4n) is 1.40. The van der Waals surface area contributed by atoms with Crippen molar-refractivity contribution in [2.24, 2.45) is 5.84 Å². The van der Waals surface area contributed by atoms with Crippen LogP contribution in [-0.2, 0) is 0 Å². The molecule has 3 heterocycles. The van der Waals surface area contributed by atoms with Crippen molar-refractivity contribution in [2.75, 3.05) is 5.43 Å². The van der Waals surface area contributed by atoms with E-state index in [1.54, 1.807) is 16.8 Å². The van der Waals surface area contributed by atoms with Gasteiger partial charge in [0.25, 0.3) is 0 Å². The summed E-state index contributed by atoms with van der Waals surface area (Å²) in [6, 6.07) is 1.94. The molecular weight excluding hydrogens is 242 g/mol. The van der Waals surface area contributed by atoms with Crippen LogP contribution >= 0.6 is 22.7 Å². The third-order valence-electron chi connectivity index (χ3n) is 2.12. The predicted molar refractivity (Wildman–Crippen MR) is 66.3 cm³/mol. The number of aromatic nitrogens is 3. The lowest BCUT2D eigenvalue weighted by Crippen LogP contribution is -2.09. The van der Waals surface area contributed by atoms with Crippen molar-refractivity contribution < 1.29 is 0 Å². The third kappa shape index (κ3) is 1.45. The van der Waals surface area contributed by atoms with Crippen LogP contribution in [0.3, 0.4) is 0 Å². The van der Waals surface area contributed by atoms with Crippen molar-refractivity contribution in [3.05, 3.63) is 22.3 Å². The molecule has 0 aliphatic heterocycles. The lowest BCUT2D eigenvalue weighted by molar-refractivity contribution is 1.17. The van der Waals surface area contributed by atoms with E-state index in [1.165, 1.54) is 11.3 Å². The summed E-state index contributed by atoms with van der Waals surface area (Å²) < 4.78 is 0. The normalized spacial score (nSPS) is 10.8. The lowest BCUT2D eigenvalue weighted by atomic mass is 10.3. The first-order valence-corrected chi connectivity index (χ1v) is 6.31. The van der Waals surface area contributed by atoms with Crippen molar-refractivity contribution in [1.29, 1.82) is 0 Å². The minimum atomic E-state index is 0.601. The number of anilines is 1. The Hall–Kier alpha value is -1.57. The molecule has 0 amide bonds. The number of thiazole rings is 1. The van der Waals surface area contributed by atoms with Crippen LogP contribution in [0.15, 0.2) is 22.3 Å². The first-order chi connectivity index (χ1) is 7.88. The maximum Gasteiger partial charge on any atom is 0.182 e. The summed E-state index contributed by atoms with van der Waals surface area (Å²) in [7, 11) is 0. The summed E-state index contributed by atoms with van der Waals surface area (Å²) in [6.07, 6.45) is 0. The van der Waals surface area contributed by atoms with E-state index in [0.717, 1.165) is 15.9 Å². The minimum absolute atomic E-state index is 0.601. The molecule has 16 heavy (non-hydrogen) atoms. The molecule has 3 aromatic heterocycles. The molecule has 3 rings (SSSR count). The summed E-state index contributed by atoms with van der Waals surface area (Å²) in [5.74, 6) is 6.68. The highest BCUT2D eigenvalue weighted by atomic mass is 32.1. The van der Waals surface area contributed by atoms with Gasteiger partial charge in [0.2, 0.25) is 0 Å². The summed E-state index contributed by atoms with van der Waals surface area (Å²) >= 11 is 3.07. The van der Waals surface area contributed by atoms with Crippen molar-refractivity contribution in [2.45, 2.75) is 0 Å². The van der Waals surface area contributed by atoms with Gasteiger partial charge in [0, 0.05) is 5.38 Å². The number of nitrogens with one attached hydrogen (secondary N) is 1. The van der Waals surface area contributed by atoms with E-state index in [2.05, 4.69) is 20.4 Å². The molecule has 0 saturated carbocycles. The molecule has 5 nitrogen and oxygen atoms in total. The van der Waals surface area contributed by atoms with Crippen LogP contribution < -0.4 is 11.3 Å². The molecule has 7 heteroatoms. The Morgan fingerprint density at radius 3 is 3.00 bits per heavy atom. The van der Waals surface area contributed by atoms with Gasteiger partial charge in [-0.25, -0.2) is 20.8 Å². The number of rotatable bonds is 2. The summed E-state index contributed by atoms with van der Waals surface area (Å²) in [5.41, 5.74) is 5.12. The van der Waals surface area contributed by atoms with Crippen LogP contribution in [0.4, 0.5) is 5.82 Å². The standard InChI is InChI=1S/C9H7N5S2/c10-14-7-5-1-2-16-9(5)13-8(12-7)6-3-15-4-11-6/h1-4H,10H2,(H,12,13,14). The number of nitrogen functional groups attached to an aromatic ring is 1. The van der Waals surface area contributed by atoms with Gasteiger partial charge < -0.3 is 5.43 Å². The van der Waals surface area contributed by atoms with Crippen LogP contribution in [0.2, 0.25) is 0 Å². The molecule has 3 aromatic rings. The van der Waals surface area contributed by atoms with Crippen molar-refractivity contribution in [3.63, 3.8) is 0 Å². The van der Waals surface area contributed by atoms with Gasteiger partial charge >= 0.3 is 0 Å². The average molecular weight is 249 g/mol. The van der Waals surface area contributed by atoms with Gasteiger partial charge in [0.05, 0.1) is 10.9 Å². The topological polar surface area (TPSA) is 76.7 Å². The monoisotopic (exact) mass is 249 g/mol. The second kappa shape index (κ2) is 3.78. The zero-order valence-electron chi connectivity index (χ0n) is 8.04. The number of nitrogens with two attached hydrogens (primary N) is 1. The van der Waals surface area contributed by atoms with Gasteiger partial charge in [0.1, 0.15) is 10.5 Å². The van der Waals surface area contributed by atoms with Gasteiger partial charge in [0.15, 0.2) is 11.6 Å². The Morgan fingerprint density at radius 1 is 1.31 bits per heavy atom. The zero-order chi connectivity index (χ0) is 11.0. The number of hydrazine groups is 1. The molecule has 0 aliphatic carbocycles. The fraction of sp³-hybridized carbons (Fsp3) is 0. The Kier molecular flexibility index (Phi) is 2.28. The van der Waals surface area contributed by atoms with Gasteiger partial charge in [-0.3, -0.25) is 0 Å². The Balaban J connectivity index is 2.27. The first-order valence-electron chi connectivity index (χ1n) is 4.49. The van der Waals surface area contributed by atoms with Crippen molar-refractivity contribution >= 4 is 38.7 Å². The third-order valence-corrected chi connectivity index (χ3v) is 3.52. The Bertz CT molecular complexity index is 616. The molecule has 0 fully saturated rings. The SMILES string of the molecule is NNc1nc(-c2cscn2)nc2sccc12. The maximum absolute atomic E-state index is 5.44. The smallest absolute Gasteiger partial charge is 0.182 e. The van der Waals surface area contributed by atoms with E-state index in [0.29, 0.717) is 11.6 Å². The number of hydrogen-bond acceptors (Lipinski definition) is 7. The van der Waals surface area contributed by atoms with Gasteiger partial charge in [-0.1, -0.05) is 0 Å². The molecular formula is C9H7N5S2. The fourth-order valence-corrected chi connectivity index (χ4v) is 2.70. The second-order valence-corrected chi connectivity index (χ2v) is 4.67. The van der Waals surface area contributed by atoms with Crippen LogP contribution in [0.25, 0.3) is 21.7 Å². The summed E-state index contributed by atoms with van der Waals surface area (Å²) in [6.45, 7) is 0. The largest absolute Gasteiger partial charge is 0.308 e. The highest BCUT2D eigenvalue weighted by Crippen LogP contribution is 2.27. The van der Waals surface area contributed by atoms with Crippen LogP contribution in [-0.4, -0.2) is 15.0 Å². The zero-order valence-corrected chi connectivity index (χ0v) is 9.68. The maximum atomic E-state index is 5.44. The van der Waals surface area contributed by atoms with E-state index in [1.807, 2.05) is 16.8 Å². The molecule has 0 saturated heterocycles. The summed E-state index contributed by atoms with van der Waals surface area (Å²) in [5, 5.41) is 4.81. The minimum Gasteiger partial charge on any atom is -0.308 e. The molecule has 0 spiro atoms. The molecule has 0 radical (unpaired) electrons. The average Bonchev–Trinajstić information content (AvgIpc) is 2.97. The summed E-state index contributed by atoms with van der Waals surface area (Å²) in [4.78, 5) is 13.9. The molecule has 3 N–H and O–H groups in total. The van der Waals surface area contributed by atoms with Crippen molar-refractivity contribution in [3.8, 4) is 11.5 Å². The number of nitrogens with zero attached hydrogens (tertiary/aromatic N) is 3. The molecule has 0 bridgehead atoms. The highest BCUT2D eigenvalue weighted by Gasteiger charge is 2.10. The number of thiophene rings is 1.